The molecule has 1 heterocycles. The van der Waals surface area contributed by atoms with Crippen LogP contribution < -0.4 is 0 Å². The summed E-state index contributed by atoms with van der Waals surface area (Å²) in [7, 11) is 1.93. The smallest absolute Gasteiger partial charge is 0.317 e. The zero-order valence-electron chi connectivity index (χ0n) is 9.46. The summed E-state index contributed by atoms with van der Waals surface area (Å²) in [5, 5.41) is 8.85. The van der Waals surface area contributed by atoms with Crippen molar-refractivity contribution in [3.63, 3.8) is 0 Å². The van der Waals surface area contributed by atoms with Crippen molar-refractivity contribution in [2.75, 3.05) is 13.1 Å². The Hall–Kier alpha value is -1.36. The highest BCUT2D eigenvalue weighted by Gasteiger charge is 2.25. The van der Waals surface area contributed by atoms with Gasteiger partial charge in [0.15, 0.2) is 0 Å². The molecule has 0 radical (unpaired) electrons. The molecule has 5 nitrogen and oxygen atoms in total. The first-order valence-corrected chi connectivity index (χ1v) is 5.54. The minimum Gasteiger partial charge on any atom is -0.480 e. The molecule has 0 bridgehead atoms. The maximum atomic E-state index is 10.8. The molecule has 16 heavy (non-hydrogen) atoms. The van der Waals surface area contributed by atoms with Crippen LogP contribution in [-0.2, 0) is 18.4 Å². The normalized spacial score (nSPS) is 15.6. The van der Waals surface area contributed by atoms with E-state index in [0.717, 1.165) is 12.2 Å². The van der Waals surface area contributed by atoms with Gasteiger partial charge in [0.05, 0.1) is 18.6 Å². The lowest BCUT2D eigenvalue weighted by Crippen LogP contribution is -2.31. The first kappa shape index (κ1) is 11.1. The van der Waals surface area contributed by atoms with Crippen LogP contribution in [0.15, 0.2) is 12.5 Å². The van der Waals surface area contributed by atoms with Gasteiger partial charge < -0.3 is 9.67 Å². The van der Waals surface area contributed by atoms with Crippen molar-refractivity contribution in [2.24, 2.45) is 13.0 Å². The van der Waals surface area contributed by atoms with E-state index in [9.17, 15) is 4.79 Å². The number of carboxylic acid groups (broad SMARTS) is 1. The van der Waals surface area contributed by atoms with Crippen LogP contribution in [0.1, 0.15) is 18.5 Å². The van der Waals surface area contributed by atoms with Gasteiger partial charge in [0.1, 0.15) is 0 Å². The maximum Gasteiger partial charge on any atom is 0.317 e. The van der Waals surface area contributed by atoms with Gasteiger partial charge in [-0.25, -0.2) is 4.98 Å². The first-order chi connectivity index (χ1) is 7.65. The van der Waals surface area contributed by atoms with Crippen molar-refractivity contribution in [2.45, 2.75) is 19.4 Å². The lowest BCUT2D eigenvalue weighted by Gasteiger charge is -2.19. The summed E-state index contributed by atoms with van der Waals surface area (Å²) in [6, 6.07) is 0. The Kier molecular flexibility index (Phi) is 3.24. The van der Waals surface area contributed by atoms with Crippen molar-refractivity contribution in [1.82, 2.24) is 14.5 Å². The average Bonchev–Trinajstić information content (AvgIpc) is 2.91. The summed E-state index contributed by atoms with van der Waals surface area (Å²) in [4.78, 5) is 16.8. The SMILES string of the molecule is Cn1cncc1CN(CC(=O)O)CC1CC1. The van der Waals surface area contributed by atoms with E-state index in [4.69, 9.17) is 5.11 Å². The van der Waals surface area contributed by atoms with Crippen LogP contribution in [0, 0.1) is 5.92 Å². The number of nitrogens with zero attached hydrogens (tertiary/aromatic N) is 3. The lowest BCUT2D eigenvalue weighted by molar-refractivity contribution is -0.138. The van der Waals surface area contributed by atoms with Gasteiger partial charge in [-0.1, -0.05) is 0 Å². The van der Waals surface area contributed by atoms with E-state index < -0.39 is 5.97 Å². The van der Waals surface area contributed by atoms with Crippen LogP contribution in [0.4, 0.5) is 0 Å². The van der Waals surface area contributed by atoms with E-state index in [1.54, 1.807) is 12.5 Å². The van der Waals surface area contributed by atoms with Crippen LogP contribution in [0.2, 0.25) is 0 Å². The monoisotopic (exact) mass is 223 g/mol. The highest BCUT2D eigenvalue weighted by atomic mass is 16.4. The molecule has 0 saturated heterocycles. The number of carbonyl (C=O) groups is 1. The van der Waals surface area contributed by atoms with E-state index in [1.807, 2.05) is 16.5 Å². The molecular weight excluding hydrogens is 206 g/mol. The molecule has 0 spiro atoms. The number of hydrogen-bond donors (Lipinski definition) is 1. The summed E-state index contributed by atoms with van der Waals surface area (Å²) in [6.45, 7) is 1.67. The summed E-state index contributed by atoms with van der Waals surface area (Å²) in [5.41, 5.74) is 1.06. The highest BCUT2D eigenvalue weighted by molar-refractivity contribution is 5.69. The molecule has 0 unspecified atom stereocenters. The van der Waals surface area contributed by atoms with Gasteiger partial charge >= 0.3 is 5.97 Å². The minimum atomic E-state index is -0.761. The predicted molar refractivity (Wildman–Crippen MR) is 58.8 cm³/mol. The Balaban J connectivity index is 1.94. The minimum absolute atomic E-state index is 0.113. The molecule has 1 aromatic heterocycles. The number of aliphatic carboxylic acids is 1. The fraction of sp³-hybridized carbons (Fsp3) is 0.636. The Morgan fingerprint density at radius 2 is 2.44 bits per heavy atom. The fourth-order valence-electron chi connectivity index (χ4n) is 1.81. The van der Waals surface area contributed by atoms with Gasteiger partial charge in [-0.2, -0.15) is 0 Å². The molecule has 88 valence electrons. The second-order valence-electron chi connectivity index (χ2n) is 4.50. The molecule has 1 N–H and O–H groups in total. The Morgan fingerprint density at radius 3 is 2.94 bits per heavy atom. The average molecular weight is 223 g/mol. The molecule has 1 aliphatic carbocycles. The summed E-state index contributed by atoms with van der Waals surface area (Å²) in [6.07, 6.45) is 6.01. The van der Waals surface area contributed by atoms with Crippen molar-refractivity contribution < 1.29 is 9.90 Å². The van der Waals surface area contributed by atoms with Crippen LogP contribution in [-0.4, -0.2) is 38.6 Å². The number of rotatable bonds is 6. The molecule has 0 aromatic carbocycles. The van der Waals surface area contributed by atoms with E-state index in [-0.39, 0.29) is 6.54 Å². The first-order valence-electron chi connectivity index (χ1n) is 5.54. The van der Waals surface area contributed by atoms with Gasteiger partial charge in [0.2, 0.25) is 0 Å². The number of aryl methyl sites for hydroxylation is 1. The molecule has 1 aliphatic rings. The van der Waals surface area contributed by atoms with E-state index in [2.05, 4.69) is 4.98 Å². The standard InChI is InChI=1S/C11H17N3O2/c1-13-8-12-4-10(13)6-14(7-11(15)16)5-9-2-3-9/h4,8-9H,2-3,5-7H2,1H3,(H,15,16). The maximum absolute atomic E-state index is 10.8. The molecule has 1 fully saturated rings. The zero-order chi connectivity index (χ0) is 11.5. The van der Waals surface area contributed by atoms with Crippen LogP contribution in [0.5, 0.6) is 0 Å². The lowest BCUT2D eigenvalue weighted by atomic mass is 10.3. The topological polar surface area (TPSA) is 58.4 Å². The largest absolute Gasteiger partial charge is 0.480 e. The van der Waals surface area contributed by atoms with Crippen LogP contribution >= 0.6 is 0 Å². The molecular formula is C11H17N3O2. The van der Waals surface area contributed by atoms with Gasteiger partial charge in [-0.3, -0.25) is 9.69 Å². The van der Waals surface area contributed by atoms with Crippen LogP contribution in [0.3, 0.4) is 0 Å². The van der Waals surface area contributed by atoms with Gasteiger partial charge in [0.25, 0.3) is 0 Å². The Labute approximate surface area is 94.7 Å². The van der Waals surface area contributed by atoms with Crippen LogP contribution in [0.25, 0.3) is 0 Å². The van der Waals surface area contributed by atoms with Gasteiger partial charge in [-0.05, 0) is 18.8 Å². The quantitative estimate of drug-likeness (QED) is 0.772. The van der Waals surface area contributed by atoms with Crippen molar-refractivity contribution in [1.29, 1.82) is 0 Å². The number of imidazole rings is 1. The zero-order valence-corrected chi connectivity index (χ0v) is 9.46. The van der Waals surface area contributed by atoms with Crippen molar-refractivity contribution in [3.8, 4) is 0 Å². The third kappa shape index (κ3) is 3.06. The molecule has 1 saturated carbocycles. The predicted octanol–water partition coefficient (Wildman–Crippen LogP) is 0.717. The molecule has 1 aromatic rings. The number of carboxylic acids is 1. The second kappa shape index (κ2) is 4.65. The Bertz CT molecular complexity index is 371. The summed E-state index contributed by atoms with van der Waals surface area (Å²) >= 11 is 0. The summed E-state index contributed by atoms with van der Waals surface area (Å²) in [5.74, 6) is -0.0598. The fourth-order valence-corrected chi connectivity index (χ4v) is 1.81. The second-order valence-corrected chi connectivity index (χ2v) is 4.50. The third-order valence-corrected chi connectivity index (χ3v) is 2.87. The third-order valence-electron chi connectivity index (χ3n) is 2.87. The molecule has 0 aliphatic heterocycles. The highest BCUT2D eigenvalue weighted by Crippen LogP contribution is 2.30. The molecule has 2 rings (SSSR count). The van der Waals surface area contributed by atoms with Gasteiger partial charge in [0, 0.05) is 26.3 Å². The van der Waals surface area contributed by atoms with Gasteiger partial charge in [-0.15, -0.1) is 0 Å². The van der Waals surface area contributed by atoms with E-state index in [1.165, 1.54) is 12.8 Å². The van der Waals surface area contributed by atoms with Crippen molar-refractivity contribution >= 4 is 5.97 Å². The van der Waals surface area contributed by atoms with Crippen molar-refractivity contribution in [3.05, 3.63) is 18.2 Å². The number of aromatic nitrogens is 2. The number of hydrogen-bond acceptors (Lipinski definition) is 3. The molecule has 5 heteroatoms. The molecule has 0 amide bonds. The van der Waals surface area contributed by atoms with E-state index in [0.29, 0.717) is 12.5 Å². The molecule has 0 atom stereocenters. The van der Waals surface area contributed by atoms with E-state index >= 15 is 0 Å². The summed E-state index contributed by atoms with van der Waals surface area (Å²) < 4.78 is 1.93. The Morgan fingerprint density at radius 1 is 1.69 bits per heavy atom.